The van der Waals surface area contributed by atoms with Gasteiger partial charge < -0.3 is 0 Å². The second kappa shape index (κ2) is 7.04. The molecule has 1 saturated heterocycles. The van der Waals surface area contributed by atoms with Crippen molar-refractivity contribution < 1.29 is 14.4 Å². The van der Waals surface area contributed by atoms with E-state index < -0.39 is 11.9 Å². The average molecular weight is 240 g/mol. The minimum atomic E-state index is -0.570. The molecule has 4 amide bonds. The number of hydrogen-bond acceptors (Lipinski definition) is 3. The number of nitrogens with one attached hydrogen (secondary N) is 1. The topological polar surface area (TPSA) is 66.5 Å². The van der Waals surface area contributed by atoms with Crippen molar-refractivity contribution in [2.24, 2.45) is 0 Å². The zero-order chi connectivity index (χ0) is 12.7. The Labute approximate surface area is 102 Å². The Bertz CT molecular complexity index is 282. The Balaban J connectivity index is 2.19. The lowest BCUT2D eigenvalue weighted by atomic mass is 10.1. The zero-order valence-corrected chi connectivity index (χ0v) is 10.3. The molecule has 1 aliphatic rings. The third-order valence-electron chi connectivity index (χ3n) is 2.84. The van der Waals surface area contributed by atoms with Crippen molar-refractivity contribution in [2.75, 3.05) is 6.54 Å². The van der Waals surface area contributed by atoms with Gasteiger partial charge >= 0.3 is 6.03 Å². The molecule has 1 aliphatic heterocycles. The molecule has 0 unspecified atom stereocenters. The lowest BCUT2D eigenvalue weighted by Gasteiger charge is -2.24. The molecule has 5 nitrogen and oxygen atoms in total. The second-order valence-electron chi connectivity index (χ2n) is 4.34. The number of carbonyl (C=O) groups excluding carboxylic acids is 3. The van der Waals surface area contributed by atoms with Crippen LogP contribution < -0.4 is 5.32 Å². The van der Waals surface area contributed by atoms with E-state index in [0.29, 0.717) is 6.54 Å². The molecule has 17 heavy (non-hydrogen) atoms. The van der Waals surface area contributed by atoms with Crippen molar-refractivity contribution in [1.29, 1.82) is 0 Å². The Morgan fingerprint density at radius 2 is 1.71 bits per heavy atom. The van der Waals surface area contributed by atoms with E-state index in [-0.39, 0.29) is 12.3 Å². The van der Waals surface area contributed by atoms with Crippen LogP contribution in [0.4, 0.5) is 4.79 Å². The fraction of sp³-hybridized carbons (Fsp3) is 0.750. The van der Waals surface area contributed by atoms with Crippen LogP contribution in [0.2, 0.25) is 0 Å². The minimum absolute atomic E-state index is 0.207. The molecule has 0 aromatic heterocycles. The van der Waals surface area contributed by atoms with Crippen LogP contribution in [0.3, 0.4) is 0 Å². The molecule has 0 spiro atoms. The third-order valence-corrected chi connectivity index (χ3v) is 2.84. The van der Waals surface area contributed by atoms with Crippen LogP contribution >= 0.6 is 0 Å². The van der Waals surface area contributed by atoms with Crippen molar-refractivity contribution in [2.45, 2.75) is 51.9 Å². The number of amides is 4. The summed E-state index contributed by atoms with van der Waals surface area (Å²) in [6.07, 6.45) is 6.40. The number of barbiturate groups is 1. The standard InChI is InChI=1S/C12H20N2O3/c1-2-3-4-5-6-7-8-14-11(16)9-10(15)13-12(14)17/h2-9H2,1H3,(H,13,15,17). The minimum Gasteiger partial charge on any atom is -0.277 e. The van der Waals surface area contributed by atoms with Crippen LogP contribution in [0, 0.1) is 0 Å². The summed E-state index contributed by atoms with van der Waals surface area (Å²) >= 11 is 0. The highest BCUT2D eigenvalue weighted by atomic mass is 16.2. The first kappa shape index (κ1) is 13.7. The first-order valence-electron chi connectivity index (χ1n) is 6.29. The van der Waals surface area contributed by atoms with Gasteiger partial charge in [0, 0.05) is 6.54 Å². The van der Waals surface area contributed by atoms with Gasteiger partial charge in [-0.15, -0.1) is 0 Å². The highest BCUT2D eigenvalue weighted by molar-refractivity contribution is 6.14. The van der Waals surface area contributed by atoms with Gasteiger partial charge in [0.05, 0.1) is 0 Å². The van der Waals surface area contributed by atoms with Crippen molar-refractivity contribution in [3.8, 4) is 0 Å². The maximum absolute atomic E-state index is 11.4. The molecular formula is C12H20N2O3. The Morgan fingerprint density at radius 3 is 2.35 bits per heavy atom. The first-order chi connectivity index (χ1) is 8.15. The maximum atomic E-state index is 11.4. The Morgan fingerprint density at radius 1 is 1.06 bits per heavy atom. The average Bonchev–Trinajstić information content (AvgIpc) is 2.26. The molecule has 96 valence electrons. The van der Waals surface area contributed by atoms with Crippen LogP contribution in [0.5, 0.6) is 0 Å². The van der Waals surface area contributed by atoms with E-state index in [1.165, 1.54) is 19.3 Å². The van der Waals surface area contributed by atoms with Gasteiger partial charge in [-0.1, -0.05) is 39.0 Å². The van der Waals surface area contributed by atoms with Crippen LogP contribution in [-0.4, -0.2) is 29.3 Å². The van der Waals surface area contributed by atoms with Gasteiger partial charge in [0.25, 0.3) is 0 Å². The van der Waals surface area contributed by atoms with Gasteiger partial charge in [0.15, 0.2) is 0 Å². The highest BCUT2D eigenvalue weighted by Gasteiger charge is 2.29. The predicted octanol–water partition coefficient (Wildman–Crippen LogP) is 1.82. The monoisotopic (exact) mass is 240 g/mol. The number of urea groups is 1. The predicted molar refractivity (Wildman–Crippen MR) is 63.2 cm³/mol. The highest BCUT2D eigenvalue weighted by Crippen LogP contribution is 2.08. The van der Waals surface area contributed by atoms with Crippen LogP contribution in [0.25, 0.3) is 0 Å². The van der Waals surface area contributed by atoms with Gasteiger partial charge in [-0.2, -0.15) is 0 Å². The molecule has 1 heterocycles. The van der Waals surface area contributed by atoms with Gasteiger partial charge in [-0.25, -0.2) is 4.79 Å². The summed E-state index contributed by atoms with van der Waals surface area (Å²) in [5.41, 5.74) is 0. The summed E-state index contributed by atoms with van der Waals surface area (Å²) in [6.45, 7) is 2.58. The smallest absolute Gasteiger partial charge is 0.277 e. The number of unbranched alkanes of at least 4 members (excludes halogenated alkanes) is 5. The summed E-state index contributed by atoms with van der Waals surface area (Å²) in [4.78, 5) is 34.8. The molecule has 0 aromatic rings. The number of hydrogen-bond donors (Lipinski definition) is 1. The maximum Gasteiger partial charge on any atom is 0.330 e. The molecule has 1 rings (SSSR count). The van der Waals surface area contributed by atoms with Crippen molar-refractivity contribution in [1.82, 2.24) is 10.2 Å². The fourth-order valence-electron chi connectivity index (χ4n) is 1.85. The van der Waals surface area contributed by atoms with Crippen molar-refractivity contribution in [3.05, 3.63) is 0 Å². The summed E-state index contributed by atoms with van der Waals surface area (Å²) in [7, 11) is 0. The zero-order valence-electron chi connectivity index (χ0n) is 10.3. The number of rotatable bonds is 7. The number of imide groups is 2. The second-order valence-corrected chi connectivity index (χ2v) is 4.34. The molecule has 5 heteroatoms. The van der Waals surface area contributed by atoms with Crippen LogP contribution in [-0.2, 0) is 9.59 Å². The largest absolute Gasteiger partial charge is 0.330 e. The van der Waals surface area contributed by atoms with E-state index in [1.54, 1.807) is 0 Å². The molecule has 1 fully saturated rings. The molecule has 0 radical (unpaired) electrons. The SMILES string of the molecule is CCCCCCCCN1C(=O)CC(=O)NC1=O. The summed E-state index contributed by atoms with van der Waals surface area (Å²) < 4.78 is 0. The van der Waals surface area contributed by atoms with Gasteiger partial charge in [0.1, 0.15) is 6.42 Å². The molecule has 0 aromatic carbocycles. The van der Waals surface area contributed by atoms with E-state index >= 15 is 0 Å². The van der Waals surface area contributed by atoms with Crippen molar-refractivity contribution in [3.63, 3.8) is 0 Å². The number of carbonyl (C=O) groups is 3. The van der Waals surface area contributed by atoms with E-state index in [4.69, 9.17) is 0 Å². The van der Waals surface area contributed by atoms with Crippen LogP contribution in [0.1, 0.15) is 51.9 Å². The quantitative estimate of drug-likeness (QED) is 0.545. The molecular weight excluding hydrogens is 220 g/mol. The Kier molecular flexibility index (Phi) is 5.66. The van der Waals surface area contributed by atoms with Gasteiger partial charge in [-0.05, 0) is 6.42 Å². The van der Waals surface area contributed by atoms with E-state index in [1.807, 2.05) is 0 Å². The summed E-state index contributed by atoms with van der Waals surface area (Å²) in [5, 5.41) is 2.15. The summed E-state index contributed by atoms with van der Waals surface area (Å²) in [5.74, 6) is -0.883. The normalized spacial score (nSPS) is 16.3. The molecule has 0 aliphatic carbocycles. The fourth-order valence-corrected chi connectivity index (χ4v) is 1.85. The van der Waals surface area contributed by atoms with Gasteiger partial charge in [-0.3, -0.25) is 19.8 Å². The van der Waals surface area contributed by atoms with E-state index in [2.05, 4.69) is 12.2 Å². The van der Waals surface area contributed by atoms with E-state index in [0.717, 1.165) is 24.2 Å². The Hall–Kier alpha value is -1.39. The first-order valence-corrected chi connectivity index (χ1v) is 6.29. The molecule has 0 atom stereocenters. The molecule has 0 bridgehead atoms. The number of nitrogens with zero attached hydrogens (tertiary/aromatic N) is 1. The lowest BCUT2D eigenvalue weighted by molar-refractivity contribution is -0.136. The molecule has 0 saturated carbocycles. The van der Waals surface area contributed by atoms with Crippen molar-refractivity contribution >= 4 is 17.8 Å². The van der Waals surface area contributed by atoms with Crippen LogP contribution in [0.15, 0.2) is 0 Å². The summed E-state index contributed by atoms with van der Waals surface area (Å²) in [6, 6.07) is -0.570. The van der Waals surface area contributed by atoms with Gasteiger partial charge in [0.2, 0.25) is 11.8 Å². The molecule has 1 N–H and O–H groups in total. The lowest BCUT2D eigenvalue weighted by Crippen LogP contribution is -2.52. The van der Waals surface area contributed by atoms with E-state index in [9.17, 15) is 14.4 Å². The third kappa shape index (κ3) is 4.54.